The highest BCUT2D eigenvalue weighted by atomic mass is 15.1. The number of hydrogen-bond donors (Lipinski definition) is 0. The van der Waals surface area contributed by atoms with Crippen LogP contribution < -0.4 is 4.90 Å². The summed E-state index contributed by atoms with van der Waals surface area (Å²) in [6.45, 7) is 0. The Hall–Kier alpha value is -7.48. The lowest BCUT2D eigenvalue weighted by Crippen LogP contribution is -2.09. The van der Waals surface area contributed by atoms with Crippen molar-refractivity contribution >= 4 is 38.6 Å². The zero-order valence-corrected chi connectivity index (χ0v) is 30.8. The summed E-state index contributed by atoms with van der Waals surface area (Å²) in [7, 11) is 0. The Morgan fingerprint density at radius 1 is 0.281 bits per heavy atom. The maximum Gasteiger partial charge on any atom is 0.0645 e. The molecule has 0 N–H and O–H groups in total. The third kappa shape index (κ3) is 6.77. The van der Waals surface area contributed by atoms with Gasteiger partial charge in [0.25, 0.3) is 0 Å². The van der Waals surface area contributed by atoms with Crippen LogP contribution in [0.15, 0.2) is 236 Å². The molecular formula is C56H39N. The fourth-order valence-corrected chi connectivity index (χ4v) is 7.51. The van der Waals surface area contributed by atoms with E-state index < -0.39 is 24.2 Å². The Kier molecular flexibility index (Phi) is 6.92. The lowest BCUT2D eigenvalue weighted by molar-refractivity contribution is 1.28. The van der Waals surface area contributed by atoms with Crippen molar-refractivity contribution in [3.63, 3.8) is 0 Å². The molecule has 0 saturated heterocycles. The average molecular weight is 734 g/mol. The molecule has 0 unspecified atom stereocenters. The predicted octanol–water partition coefficient (Wildman–Crippen LogP) is 15.8. The largest absolute Gasteiger partial charge is 0.311 e. The topological polar surface area (TPSA) is 3.24 Å². The third-order valence-electron chi connectivity index (χ3n) is 10.4. The molecular weight excluding hydrogens is 687 g/mol. The van der Waals surface area contributed by atoms with E-state index in [2.05, 4.69) is 24.3 Å². The van der Waals surface area contributed by atoms with Gasteiger partial charge in [0.05, 0.1) is 11.0 Å². The Bertz CT molecular complexity index is 3390. The molecule has 0 atom stereocenters. The van der Waals surface area contributed by atoms with Crippen molar-refractivity contribution in [2.45, 2.75) is 0 Å². The van der Waals surface area contributed by atoms with Crippen LogP contribution in [0.25, 0.3) is 77.2 Å². The van der Waals surface area contributed by atoms with E-state index >= 15 is 0 Å². The van der Waals surface area contributed by atoms with Gasteiger partial charge in [0.15, 0.2) is 0 Å². The van der Waals surface area contributed by atoms with E-state index in [1.807, 2.05) is 140 Å². The fourth-order valence-electron chi connectivity index (χ4n) is 7.51. The first-order chi connectivity index (χ1) is 31.6. The summed E-state index contributed by atoms with van der Waals surface area (Å²) in [6.07, 6.45) is 0. The Morgan fingerprint density at radius 3 is 1.40 bits per heavy atom. The molecule has 0 bridgehead atoms. The maximum absolute atomic E-state index is 9.68. The van der Waals surface area contributed by atoms with Crippen LogP contribution in [0.1, 0.15) is 11.0 Å². The summed E-state index contributed by atoms with van der Waals surface area (Å²) in [6, 6.07) is 57.2. The van der Waals surface area contributed by atoms with Crippen LogP contribution in [-0.4, -0.2) is 0 Å². The van der Waals surface area contributed by atoms with Crippen LogP contribution in [-0.2, 0) is 0 Å². The number of fused-ring (bicyclic) bond motifs is 2. The normalized spacial score (nSPS) is 13.1. The smallest absolute Gasteiger partial charge is 0.0645 e. The van der Waals surface area contributed by atoms with Crippen molar-refractivity contribution in [3.8, 4) is 55.6 Å². The zero-order chi connectivity index (χ0) is 44.9. The van der Waals surface area contributed by atoms with Crippen LogP contribution >= 0.6 is 0 Å². The molecule has 1 heteroatoms. The van der Waals surface area contributed by atoms with Crippen molar-refractivity contribution < 1.29 is 11.0 Å². The first-order valence-electron chi connectivity index (χ1n) is 22.9. The highest BCUT2D eigenvalue weighted by Gasteiger charge is 2.16. The number of rotatable bonds is 8. The monoisotopic (exact) mass is 733 g/mol. The van der Waals surface area contributed by atoms with Crippen molar-refractivity contribution in [1.29, 1.82) is 0 Å². The van der Waals surface area contributed by atoms with Crippen LogP contribution in [0, 0.1) is 0 Å². The van der Waals surface area contributed by atoms with Gasteiger partial charge in [-0.25, -0.2) is 0 Å². The van der Waals surface area contributed by atoms with Gasteiger partial charge in [-0.3, -0.25) is 0 Å². The summed E-state index contributed by atoms with van der Waals surface area (Å²) in [5.74, 6) is 0. The van der Waals surface area contributed by atoms with E-state index in [9.17, 15) is 11.0 Å². The highest BCUT2D eigenvalue weighted by molar-refractivity contribution is 6.04. The Balaban J connectivity index is 1.15. The second-order valence-corrected chi connectivity index (χ2v) is 13.9. The van der Waals surface area contributed by atoms with Gasteiger partial charge in [0.1, 0.15) is 0 Å². The molecule has 0 aromatic heterocycles. The standard InChI is InChI=1S/C56H39N/c1-3-11-40(12-4-1)43-25-32-51(33-26-43)57(52-34-27-44(28-35-52)42-19-21-45(22-20-42)50-24-23-41-13-7-8-17-49(41)39-50)53-36-29-47(30-37-53)55-38-31-46-14-9-10-18-54(46)56(55)48-15-5-2-6-16-48/h1-39H/i27D,28D,29D,30D,34D,35D,36D,37D. The van der Waals surface area contributed by atoms with Gasteiger partial charge in [-0.15, -0.1) is 0 Å². The molecule has 10 rings (SSSR count). The molecule has 10 aromatic carbocycles. The molecule has 57 heavy (non-hydrogen) atoms. The lowest BCUT2D eigenvalue weighted by Gasteiger charge is -2.26. The van der Waals surface area contributed by atoms with Crippen molar-refractivity contribution in [2.24, 2.45) is 0 Å². The molecule has 0 aliphatic heterocycles. The first-order valence-corrected chi connectivity index (χ1v) is 18.9. The van der Waals surface area contributed by atoms with Crippen LogP contribution in [0.3, 0.4) is 0 Å². The van der Waals surface area contributed by atoms with Gasteiger partial charge in [-0.2, -0.15) is 0 Å². The molecule has 0 radical (unpaired) electrons. The third-order valence-corrected chi connectivity index (χ3v) is 10.4. The van der Waals surface area contributed by atoms with Crippen molar-refractivity contribution in [3.05, 3.63) is 236 Å². The average Bonchev–Trinajstić information content (AvgIpc) is 3.35. The summed E-state index contributed by atoms with van der Waals surface area (Å²) >= 11 is 0. The molecule has 0 amide bonds. The quantitative estimate of drug-likeness (QED) is 0.150. The van der Waals surface area contributed by atoms with Gasteiger partial charge < -0.3 is 4.90 Å². The second-order valence-electron chi connectivity index (χ2n) is 13.9. The molecule has 0 heterocycles. The minimum atomic E-state index is -0.398. The molecule has 0 aliphatic carbocycles. The van der Waals surface area contributed by atoms with Gasteiger partial charge in [-0.1, -0.05) is 194 Å². The molecule has 0 spiro atoms. The van der Waals surface area contributed by atoms with Crippen LogP contribution in [0.4, 0.5) is 17.1 Å². The molecule has 0 aliphatic rings. The first kappa shape index (κ1) is 26.3. The summed E-state index contributed by atoms with van der Waals surface area (Å²) < 4.78 is 76.5. The molecule has 1 nitrogen and oxygen atoms in total. The van der Waals surface area contributed by atoms with E-state index in [-0.39, 0.29) is 46.7 Å². The van der Waals surface area contributed by atoms with Gasteiger partial charge >= 0.3 is 0 Å². The molecule has 10 aromatic rings. The maximum atomic E-state index is 9.68. The molecule has 0 saturated carbocycles. The SMILES string of the molecule is [2H]c1c([2H])c(N(c2ccc(-c3ccccc3)cc2)c2c([2H])c([2H])c(-c3ccc4ccccc4c3-c3ccccc3)c([2H])c2[2H])c([2H])c([2H])c1-c1ccc(-c2ccc3ccccc3c2)cc1. The minimum Gasteiger partial charge on any atom is -0.311 e. The van der Waals surface area contributed by atoms with E-state index in [0.29, 0.717) is 16.8 Å². The summed E-state index contributed by atoms with van der Waals surface area (Å²) in [5, 5.41) is 4.08. The van der Waals surface area contributed by atoms with Crippen LogP contribution in [0.5, 0.6) is 0 Å². The van der Waals surface area contributed by atoms with E-state index in [1.165, 1.54) is 4.90 Å². The fraction of sp³-hybridized carbons (Fsp3) is 0. The minimum absolute atomic E-state index is 0.104. The van der Waals surface area contributed by atoms with Gasteiger partial charge in [-0.05, 0) is 120 Å². The Labute approximate surface area is 345 Å². The second kappa shape index (κ2) is 15.0. The van der Waals surface area contributed by atoms with Crippen LogP contribution in [0.2, 0.25) is 0 Å². The van der Waals surface area contributed by atoms with E-state index in [1.54, 1.807) is 24.3 Å². The summed E-state index contributed by atoms with van der Waals surface area (Å²) in [4.78, 5) is 1.35. The zero-order valence-electron chi connectivity index (χ0n) is 38.8. The van der Waals surface area contributed by atoms with Gasteiger partial charge in [0.2, 0.25) is 0 Å². The highest BCUT2D eigenvalue weighted by Crippen LogP contribution is 2.41. The van der Waals surface area contributed by atoms with E-state index in [0.717, 1.165) is 54.9 Å². The number of benzene rings is 10. The van der Waals surface area contributed by atoms with E-state index in [4.69, 9.17) is 0 Å². The Morgan fingerprint density at radius 2 is 0.737 bits per heavy atom. The number of hydrogen-bond acceptors (Lipinski definition) is 1. The van der Waals surface area contributed by atoms with Crippen molar-refractivity contribution in [2.75, 3.05) is 4.90 Å². The molecule has 268 valence electrons. The number of nitrogens with zero attached hydrogens (tertiary/aromatic N) is 1. The van der Waals surface area contributed by atoms with Gasteiger partial charge in [0, 0.05) is 17.1 Å². The summed E-state index contributed by atoms with van der Waals surface area (Å²) in [5.41, 5.74) is 6.54. The lowest BCUT2D eigenvalue weighted by atomic mass is 9.90. The predicted molar refractivity (Wildman–Crippen MR) is 243 cm³/mol. The molecule has 0 fully saturated rings. The van der Waals surface area contributed by atoms with Crippen molar-refractivity contribution in [1.82, 2.24) is 0 Å². The number of anilines is 3.